The molecule has 3 nitrogen and oxygen atoms in total. The minimum atomic E-state index is 0.236. The fraction of sp³-hybridized carbons (Fsp3) is 0.167. The zero-order valence-corrected chi connectivity index (χ0v) is 11.6. The topological polar surface area (TPSA) is 37.8 Å². The van der Waals surface area contributed by atoms with E-state index in [1.807, 2.05) is 0 Å². The molecule has 0 unspecified atom stereocenters. The Morgan fingerprint density at radius 3 is 2.71 bits per heavy atom. The summed E-state index contributed by atoms with van der Waals surface area (Å²) < 4.78 is 0.800. The Hall–Kier alpha value is -1.13. The quantitative estimate of drug-likeness (QED) is 0.876. The van der Waals surface area contributed by atoms with E-state index in [2.05, 4.69) is 62.4 Å². The maximum Gasteiger partial charge on any atom is 0.224 e. The number of benzene rings is 1. The van der Waals surface area contributed by atoms with E-state index in [9.17, 15) is 0 Å². The van der Waals surface area contributed by atoms with Crippen LogP contribution in [0.5, 0.6) is 0 Å². The molecule has 0 aliphatic rings. The molecule has 0 saturated heterocycles. The summed E-state index contributed by atoms with van der Waals surface area (Å²) in [4.78, 5) is 7.98. The van der Waals surface area contributed by atoms with Crippen LogP contribution >= 0.6 is 27.5 Å². The Bertz CT molecular complexity index is 514. The van der Waals surface area contributed by atoms with Crippen LogP contribution in [-0.4, -0.2) is 9.97 Å². The molecule has 0 bridgehead atoms. The molecular formula is C12H11BrClN3. The van der Waals surface area contributed by atoms with E-state index in [0.717, 1.165) is 4.47 Å². The van der Waals surface area contributed by atoms with Crippen molar-refractivity contribution in [3.8, 4) is 0 Å². The Labute approximate surface area is 113 Å². The van der Waals surface area contributed by atoms with Gasteiger partial charge >= 0.3 is 0 Å². The normalized spacial score (nSPS) is 10.3. The van der Waals surface area contributed by atoms with Crippen molar-refractivity contribution in [1.29, 1.82) is 0 Å². The van der Waals surface area contributed by atoms with Crippen molar-refractivity contribution < 1.29 is 0 Å². The summed E-state index contributed by atoms with van der Waals surface area (Å²) in [6.07, 6.45) is 1.63. The molecule has 1 aromatic carbocycles. The highest BCUT2D eigenvalue weighted by Gasteiger charge is 2.03. The zero-order chi connectivity index (χ0) is 12.3. The van der Waals surface area contributed by atoms with Crippen molar-refractivity contribution in [3.05, 3.63) is 51.3 Å². The molecule has 2 aromatic rings. The number of rotatable bonds is 3. The van der Waals surface area contributed by atoms with E-state index in [1.165, 1.54) is 11.1 Å². The summed E-state index contributed by atoms with van der Waals surface area (Å²) in [5.74, 6) is 0.700. The second-order valence-electron chi connectivity index (χ2n) is 3.67. The molecule has 0 aliphatic carbocycles. The third-order valence-electron chi connectivity index (χ3n) is 2.30. The number of aryl methyl sites for hydroxylation is 1. The van der Waals surface area contributed by atoms with Gasteiger partial charge in [0.2, 0.25) is 5.28 Å². The largest absolute Gasteiger partial charge is 0.365 e. The summed E-state index contributed by atoms with van der Waals surface area (Å²) in [6.45, 7) is 2.77. The Morgan fingerprint density at radius 2 is 2.00 bits per heavy atom. The van der Waals surface area contributed by atoms with Gasteiger partial charge in [-0.25, -0.2) is 4.98 Å². The van der Waals surface area contributed by atoms with E-state index < -0.39 is 0 Å². The highest BCUT2D eigenvalue weighted by Crippen LogP contribution is 2.20. The van der Waals surface area contributed by atoms with Gasteiger partial charge in [0.15, 0.2) is 0 Å². The molecule has 0 atom stereocenters. The molecule has 0 saturated carbocycles. The second-order valence-corrected chi connectivity index (χ2v) is 4.87. The molecule has 5 heteroatoms. The number of halogens is 2. The first-order valence-corrected chi connectivity index (χ1v) is 6.30. The smallest absolute Gasteiger partial charge is 0.224 e. The molecule has 0 radical (unpaired) electrons. The Kier molecular flexibility index (Phi) is 3.97. The second kappa shape index (κ2) is 5.47. The van der Waals surface area contributed by atoms with Crippen molar-refractivity contribution in [2.24, 2.45) is 0 Å². The summed E-state index contributed by atoms with van der Waals surface area (Å²) in [5, 5.41) is 3.44. The number of nitrogens with zero attached hydrogens (tertiary/aromatic N) is 2. The molecule has 2 rings (SSSR count). The first kappa shape index (κ1) is 12.3. The van der Waals surface area contributed by atoms with Crippen molar-refractivity contribution in [1.82, 2.24) is 9.97 Å². The van der Waals surface area contributed by atoms with Crippen molar-refractivity contribution in [2.45, 2.75) is 13.5 Å². The van der Waals surface area contributed by atoms with Gasteiger partial charge in [-0.1, -0.05) is 29.8 Å². The predicted octanol–water partition coefficient (Wildman–Crippen LogP) is 3.81. The lowest BCUT2D eigenvalue weighted by Gasteiger charge is -2.07. The third kappa shape index (κ3) is 3.41. The highest BCUT2D eigenvalue weighted by atomic mass is 79.9. The minimum absolute atomic E-state index is 0.236. The van der Waals surface area contributed by atoms with E-state index in [4.69, 9.17) is 11.6 Å². The number of aromatic nitrogens is 2. The van der Waals surface area contributed by atoms with Gasteiger partial charge < -0.3 is 5.32 Å². The van der Waals surface area contributed by atoms with E-state index in [1.54, 1.807) is 6.20 Å². The van der Waals surface area contributed by atoms with Gasteiger partial charge in [0.1, 0.15) is 5.82 Å². The van der Waals surface area contributed by atoms with Gasteiger partial charge in [0, 0.05) is 12.7 Å². The monoisotopic (exact) mass is 311 g/mol. The van der Waals surface area contributed by atoms with Crippen LogP contribution in [0.2, 0.25) is 5.28 Å². The van der Waals surface area contributed by atoms with Gasteiger partial charge in [0.05, 0.1) is 4.47 Å². The summed E-state index contributed by atoms with van der Waals surface area (Å²) >= 11 is 9.11. The molecular weight excluding hydrogens is 302 g/mol. The molecule has 17 heavy (non-hydrogen) atoms. The zero-order valence-electron chi connectivity index (χ0n) is 9.24. The molecule has 0 fully saturated rings. The van der Waals surface area contributed by atoms with Crippen LogP contribution in [0.1, 0.15) is 11.1 Å². The van der Waals surface area contributed by atoms with Crippen LogP contribution in [0.25, 0.3) is 0 Å². The van der Waals surface area contributed by atoms with E-state index >= 15 is 0 Å². The number of nitrogens with one attached hydrogen (secondary N) is 1. The van der Waals surface area contributed by atoms with Crippen molar-refractivity contribution in [3.63, 3.8) is 0 Å². The molecule has 0 amide bonds. The van der Waals surface area contributed by atoms with Gasteiger partial charge in [-0.3, -0.25) is 0 Å². The summed E-state index contributed by atoms with van der Waals surface area (Å²) in [6, 6.07) is 8.33. The maximum absolute atomic E-state index is 5.74. The lowest BCUT2D eigenvalue weighted by atomic mass is 10.1. The maximum atomic E-state index is 5.74. The third-order valence-corrected chi connectivity index (χ3v) is 3.06. The fourth-order valence-electron chi connectivity index (χ4n) is 1.36. The number of hydrogen-bond donors (Lipinski definition) is 1. The summed E-state index contributed by atoms with van der Waals surface area (Å²) in [5.41, 5.74) is 2.44. The average Bonchev–Trinajstić information content (AvgIpc) is 2.32. The van der Waals surface area contributed by atoms with Gasteiger partial charge in [-0.2, -0.15) is 4.98 Å². The molecule has 1 N–H and O–H groups in total. The fourth-order valence-corrected chi connectivity index (χ4v) is 1.83. The molecule has 1 heterocycles. The van der Waals surface area contributed by atoms with Gasteiger partial charge in [-0.15, -0.1) is 0 Å². The molecule has 88 valence electrons. The standard InChI is InChI=1S/C12H11BrClN3/c1-8-2-4-9(5-3-8)6-15-11-10(13)7-16-12(14)17-11/h2-5,7H,6H2,1H3,(H,15,16,17). The van der Waals surface area contributed by atoms with E-state index in [0.29, 0.717) is 12.4 Å². The Balaban J connectivity index is 2.07. The number of anilines is 1. The van der Waals surface area contributed by atoms with Crippen LogP contribution in [0, 0.1) is 6.92 Å². The SMILES string of the molecule is Cc1ccc(CNc2nc(Cl)ncc2Br)cc1. The molecule has 0 aliphatic heterocycles. The Morgan fingerprint density at radius 1 is 1.29 bits per heavy atom. The van der Waals surface area contributed by atoms with Crippen LogP contribution in [0.3, 0.4) is 0 Å². The molecule has 1 aromatic heterocycles. The van der Waals surface area contributed by atoms with Crippen molar-refractivity contribution in [2.75, 3.05) is 5.32 Å². The lowest BCUT2D eigenvalue weighted by Crippen LogP contribution is -2.02. The van der Waals surface area contributed by atoms with Gasteiger partial charge in [-0.05, 0) is 40.0 Å². The van der Waals surface area contributed by atoms with Crippen LogP contribution in [-0.2, 0) is 6.54 Å². The minimum Gasteiger partial charge on any atom is -0.365 e. The number of hydrogen-bond acceptors (Lipinski definition) is 3. The lowest BCUT2D eigenvalue weighted by molar-refractivity contribution is 1.07. The predicted molar refractivity (Wildman–Crippen MR) is 73.2 cm³/mol. The first-order chi connectivity index (χ1) is 8.15. The van der Waals surface area contributed by atoms with Crippen molar-refractivity contribution >= 4 is 33.3 Å². The van der Waals surface area contributed by atoms with Crippen LogP contribution in [0.15, 0.2) is 34.9 Å². The van der Waals surface area contributed by atoms with Crippen LogP contribution in [0.4, 0.5) is 5.82 Å². The van der Waals surface area contributed by atoms with Crippen LogP contribution < -0.4 is 5.32 Å². The summed E-state index contributed by atoms with van der Waals surface area (Å²) in [7, 11) is 0. The highest BCUT2D eigenvalue weighted by molar-refractivity contribution is 9.10. The first-order valence-electron chi connectivity index (χ1n) is 5.12. The van der Waals surface area contributed by atoms with Gasteiger partial charge in [0.25, 0.3) is 0 Å². The van der Waals surface area contributed by atoms with E-state index in [-0.39, 0.29) is 5.28 Å². The average molecular weight is 313 g/mol. The molecule has 0 spiro atoms.